The second-order valence-electron chi connectivity index (χ2n) is 5.03. The van der Waals surface area contributed by atoms with Gasteiger partial charge in [0.1, 0.15) is 0 Å². The Balaban J connectivity index is 2.20. The maximum absolute atomic E-state index is 5.85. The smallest absolute Gasteiger partial charge is 0.172 e. The highest BCUT2D eigenvalue weighted by molar-refractivity contribution is 5.61. The molecule has 0 spiro atoms. The van der Waals surface area contributed by atoms with Crippen molar-refractivity contribution < 1.29 is 9.47 Å². The molecule has 0 radical (unpaired) electrons. The summed E-state index contributed by atoms with van der Waals surface area (Å²) in [6.45, 7) is 4.26. The van der Waals surface area contributed by atoms with E-state index in [-0.39, 0.29) is 12.2 Å². The molecule has 106 valence electrons. The van der Waals surface area contributed by atoms with E-state index in [4.69, 9.17) is 9.47 Å². The quantitative estimate of drug-likeness (QED) is 0.803. The molecule has 6 heteroatoms. The van der Waals surface area contributed by atoms with Crippen molar-refractivity contribution in [2.75, 3.05) is 50.7 Å². The average Bonchev–Trinajstić information content (AvgIpc) is 2.38. The molecule has 0 bridgehead atoms. The van der Waals surface area contributed by atoms with Crippen molar-refractivity contribution in [1.29, 1.82) is 0 Å². The molecule has 2 rings (SSSR count). The fourth-order valence-electron chi connectivity index (χ4n) is 2.36. The lowest BCUT2D eigenvalue weighted by Crippen LogP contribution is -2.49. The minimum Gasteiger partial charge on any atom is -0.382 e. The number of hydrogen-bond donors (Lipinski definition) is 0. The van der Waals surface area contributed by atoms with Crippen molar-refractivity contribution in [1.82, 2.24) is 9.97 Å². The lowest BCUT2D eigenvalue weighted by molar-refractivity contribution is -0.0512. The fraction of sp³-hybridized carbons (Fsp3) is 0.692. The van der Waals surface area contributed by atoms with Gasteiger partial charge in [-0.1, -0.05) is 0 Å². The van der Waals surface area contributed by atoms with Crippen LogP contribution in [0.4, 0.5) is 11.6 Å². The van der Waals surface area contributed by atoms with Gasteiger partial charge < -0.3 is 19.3 Å². The Labute approximate surface area is 114 Å². The number of hydrogen-bond acceptors (Lipinski definition) is 6. The van der Waals surface area contributed by atoms with Crippen LogP contribution in [0.25, 0.3) is 0 Å². The van der Waals surface area contributed by atoms with Crippen LogP contribution >= 0.6 is 0 Å². The highest BCUT2D eigenvalue weighted by Gasteiger charge is 2.28. The molecule has 0 amide bonds. The molecule has 1 fully saturated rings. The van der Waals surface area contributed by atoms with E-state index in [1.807, 2.05) is 19.0 Å². The van der Waals surface area contributed by atoms with Gasteiger partial charge in [0.2, 0.25) is 0 Å². The third-order valence-electron chi connectivity index (χ3n) is 3.06. The maximum Gasteiger partial charge on any atom is 0.172 e. The van der Waals surface area contributed by atoms with Gasteiger partial charge in [0.05, 0.1) is 18.8 Å². The van der Waals surface area contributed by atoms with Gasteiger partial charge in [-0.2, -0.15) is 0 Å². The number of morpholine rings is 1. The number of rotatable bonds is 4. The highest BCUT2D eigenvalue weighted by atomic mass is 16.5. The molecule has 0 aliphatic carbocycles. The van der Waals surface area contributed by atoms with Crippen LogP contribution in [0.2, 0.25) is 0 Å². The van der Waals surface area contributed by atoms with Crippen molar-refractivity contribution in [3.8, 4) is 0 Å². The van der Waals surface area contributed by atoms with E-state index < -0.39 is 0 Å². The number of aromatic nitrogens is 2. The molecular formula is C13H22N4O2. The summed E-state index contributed by atoms with van der Waals surface area (Å²) < 4.78 is 11.0. The van der Waals surface area contributed by atoms with Crippen LogP contribution in [0.3, 0.4) is 0 Å². The van der Waals surface area contributed by atoms with E-state index in [0.717, 1.165) is 24.7 Å². The number of ether oxygens (including phenoxy) is 2. The zero-order chi connectivity index (χ0) is 13.8. The third-order valence-corrected chi connectivity index (χ3v) is 3.06. The van der Waals surface area contributed by atoms with E-state index >= 15 is 0 Å². The summed E-state index contributed by atoms with van der Waals surface area (Å²) >= 11 is 0. The van der Waals surface area contributed by atoms with Crippen LogP contribution < -0.4 is 9.80 Å². The van der Waals surface area contributed by atoms with E-state index in [2.05, 4.69) is 21.8 Å². The summed E-state index contributed by atoms with van der Waals surface area (Å²) in [5.41, 5.74) is 0. The number of methoxy groups -OCH3 is 1. The molecule has 1 aliphatic heterocycles. The third kappa shape index (κ3) is 3.33. The van der Waals surface area contributed by atoms with Crippen molar-refractivity contribution in [2.45, 2.75) is 19.1 Å². The van der Waals surface area contributed by atoms with Gasteiger partial charge in [0.25, 0.3) is 0 Å². The second-order valence-corrected chi connectivity index (χ2v) is 5.03. The standard InChI is InChI=1S/C13H22N4O2/c1-10-7-17(8-11(19-10)9-18-4)13-12(16(2)3)14-5-6-15-13/h5-6,10-11H,7-9H2,1-4H3. The Morgan fingerprint density at radius 1 is 1.37 bits per heavy atom. The summed E-state index contributed by atoms with van der Waals surface area (Å²) in [5.74, 6) is 1.79. The van der Waals surface area contributed by atoms with E-state index in [1.165, 1.54) is 0 Å². The lowest BCUT2D eigenvalue weighted by Gasteiger charge is -2.38. The molecule has 2 heterocycles. The van der Waals surface area contributed by atoms with Crippen LogP contribution in [0.15, 0.2) is 12.4 Å². The molecule has 19 heavy (non-hydrogen) atoms. The largest absolute Gasteiger partial charge is 0.382 e. The summed E-state index contributed by atoms with van der Waals surface area (Å²) in [5, 5.41) is 0. The van der Waals surface area contributed by atoms with Crippen molar-refractivity contribution in [3.63, 3.8) is 0 Å². The first-order valence-electron chi connectivity index (χ1n) is 6.49. The van der Waals surface area contributed by atoms with Crippen molar-refractivity contribution >= 4 is 11.6 Å². The molecular weight excluding hydrogens is 244 g/mol. The monoisotopic (exact) mass is 266 g/mol. The first-order valence-corrected chi connectivity index (χ1v) is 6.49. The summed E-state index contributed by atoms with van der Waals surface area (Å²) in [7, 11) is 5.65. The molecule has 0 N–H and O–H groups in total. The van der Waals surface area contributed by atoms with Crippen LogP contribution in [0.5, 0.6) is 0 Å². The van der Waals surface area contributed by atoms with Gasteiger partial charge in [-0.25, -0.2) is 9.97 Å². The van der Waals surface area contributed by atoms with Crippen LogP contribution in [0, 0.1) is 0 Å². The molecule has 0 saturated carbocycles. The molecule has 1 aromatic rings. The topological polar surface area (TPSA) is 50.7 Å². The first-order chi connectivity index (χ1) is 9.11. The predicted molar refractivity (Wildman–Crippen MR) is 74.8 cm³/mol. The predicted octanol–water partition coefficient (Wildman–Crippen LogP) is 0.783. The Morgan fingerprint density at radius 2 is 2.11 bits per heavy atom. The zero-order valence-corrected chi connectivity index (χ0v) is 12.0. The summed E-state index contributed by atoms with van der Waals surface area (Å²) in [6, 6.07) is 0. The van der Waals surface area contributed by atoms with E-state index in [9.17, 15) is 0 Å². The van der Waals surface area contributed by atoms with Gasteiger partial charge in [-0.05, 0) is 6.92 Å². The fourth-order valence-corrected chi connectivity index (χ4v) is 2.36. The van der Waals surface area contributed by atoms with Crippen LogP contribution in [-0.4, -0.2) is 63.1 Å². The van der Waals surface area contributed by atoms with Gasteiger partial charge >= 0.3 is 0 Å². The highest BCUT2D eigenvalue weighted by Crippen LogP contribution is 2.25. The van der Waals surface area contributed by atoms with Gasteiger partial charge in [0.15, 0.2) is 11.6 Å². The molecule has 0 aromatic carbocycles. The normalized spacial score (nSPS) is 23.5. The molecule has 2 atom stereocenters. The molecule has 1 saturated heterocycles. The Kier molecular flexibility index (Phi) is 4.55. The van der Waals surface area contributed by atoms with Crippen molar-refractivity contribution in [2.24, 2.45) is 0 Å². The minimum atomic E-state index is 0.0748. The number of nitrogens with zero attached hydrogens (tertiary/aromatic N) is 4. The average molecular weight is 266 g/mol. The molecule has 1 aliphatic rings. The Bertz CT molecular complexity index is 413. The molecule has 1 aromatic heterocycles. The summed E-state index contributed by atoms with van der Waals surface area (Å²) in [4.78, 5) is 13.1. The molecule has 2 unspecified atom stereocenters. The van der Waals surface area contributed by atoms with Gasteiger partial charge in [0, 0.05) is 46.7 Å². The second kappa shape index (κ2) is 6.16. The Morgan fingerprint density at radius 3 is 2.79 bits per heavy atom. The SMILES string of the molecule is COCC1CN(c2nccnc2N(C)C)CC(C)O1. The van der Waals surface area contributed by atoms with E-state index in [1.54, 1.807) is 19.5 Å². The zero-order valence-electron chi connectivity index (χ0n) is 12.0. The summed E-state index contributed by atoms with van der Waals surface area (Å²) in [6.07, 6.45) is 3.68. The molecule has 6 nitrogen and oxygen atoms in total. The van der Waals surface area contributed by atoms with Gasteiger partial charge in [-0.3, -0.25) is 0 Å². The maximum atomic E-state index is 5.85. The Hall–Kier alpha value is -1.40. The van der Waals surface area contributed by atoms with Crippen LogP contribution in [0.1, 0.15) is 6.92 Å². The van der Waals surface area contributed by atoms with E-state index in [0.29, 0.717) is 6.61 Å². The number of anilines is 2. The van der Waals surface area contributed by atoms with Crippen LogP contribution in [-0.2, 0) is 9.47 Å². The lowest BCUT2D eigenvalue weighted by atomic mass is 10.2. The first kappa shape index (κ1) is 14.0. The minimum absolute atomic E-state index is 0.0748. The van der Waals surface area contributed by atoms with Crippen molar-refractivity contribution in [3.05, 3.63) is 12.4 Å². The van der Waals surface area contributed by atoms with Gasteiger partial charge in [-0.15, -0.1) is 0 Å².